The third-order valence-electron chi connectivity index (χ3n) is 3.80. The van der Waals surface area contributed by atoms with Crippen LogP contribution in [-0.4, -0.2) is 39.0 Å². The van der Waals surface area contributed by atoms with Gasteiger partial charge in [0.1, 0.15) is 0 Å². The van der Waals surface area contributed by atoms with Crippen LogP contribution in [0.25, 0.3) is 0 Å². The highest BCUT2D eigenvalue weighted by molar-refractivity contribution is 5.04. The van der Waals surface area contributed by atoms with Crippen molar-refractivity contribution in [2.24, 2.45) is 13.0 Å². The Morgan fingerprint density at radius 3 is 2.94 bits per heavy atom. The molecule has 0 amide bonds. The lowest BCUT2D eigenvalue weighted by Crippen LogP contribution is -2.44. The van der Waals surface area contributed by atoms with Crippen LogP contribution in [-0.2, 0) is 13.6 Å². The highest BCUT2D eigenvalue weighted by Crippen LogP contribution is 2.27. The molecule has 1 fully saturated rings. The van der Waals surface area contributed by atoms with Crippen LogP contribution < -0.4 is 0 Å². The van der Waals surface area contributed by atoms with Gasteiger partial charge >= 0.3 is 0 Å². The molecule has 1 aliphatic rings. The molecular weight excluding hydrogens is 214 g/mol. The Morgan fingerprint density at radius 2 is 2.29 bits per heavy atom. The number of aromatic nitrogens is 2. The van der Waals surface area contributed by atoms with Gasteiger partial charge in [0.25, 0.3) is 0 Å². The number of aryl methyl sites for hydroxylation is 1. The molecular formula is C13H23N3O. The van der Waals surface area contributed by atoms with Crippen LogP contribution in [0.4, 0.5) is 0 Å². The summed E-state index contributed by atoms with van der Waals surface area (Å²) in [5, 5.41) is 14.3. The number of aliphatic hydroxyl groups excluding tert-OH is 1. The number of hydrogen-bond donors (Lipinski definition) is 1. The first-order valence-corrected chi connectivity index (χ1v) is 6.42. The van der Waals surface area contributed by atoms with Crippen LogP contribution in [0.1, 0.15) is 31.7 Å². The first-order valence-electron chi connectivity index (χ1n) is 6.42. The van der Waals surface area contributed by atoms with Crippen molar-refractivity contribution in [1.82, 2.24) is 14.7 Å². The van der Waals surface area contributed by atoms with E-state index in [9.17, 15) is 5.11 Å². The van der Waals surface area contributed by atoms with E-state index in [1.807, 2.05) is 24.1 Å². The molecule has 1 aliphatic carbocycles. The fraction of sp³-hybridized carbons (Fsp3) is 0.769. The first kappa shape index (κ1) is 12.6. The standard InChI is InChI=1S/C13H23N3O/c1-10-4-5-13(17)12(6-10)15(2)8-11-7-14-16(3)9-11/h7,9-10,12-13,17H,4-6,8H2,1-3H3. The van der Waals surface area contributed by atoms with Crippen molar-refractivity contribution in [3.63, 3.8) is 0 Å². The Kier molecular flexibility index (Phi) is 3.84. The van der Waals surface area contributed by atoms with Crippen molar-refractivity contribution in [3.8, 4) is 0 Å². The topological polar surface area (TPSA) is 41.3 Å². The van der Waals surface area contributed by atoms with E-state index in [0.29, 0.717) is 6.04 Å². The summed E-state index contributed by atoms with van der Waals surface area (Å²) < 4.78 is 1.82. The maximum absolute atomic E-state index is 10.1. The zero-order valence-electron chi connectivity index (χ0n) is 11.0. The van der Waals surface area contributed by atoms with Crippen molar-refractivity contribution in [2.75, 3.05) is 7.05 Å². The van der Waals surface area contributed by atoms with Gasteiger partial charge in [0.15, 0.2) is 0 Å². The second kappa shape index (κ2) is 5.19. The Labute approximate surface area is 103 Å². The lowest BCUT2D eigenvalue weighted by Gasteiger charge is -2.37. The summed E-state index contributed by atoms with van der Waals surface area (Å²) in [5.74, 6) is 0.722. The molecule has 4 nitrogen and oxygen atoms in total. The van der Waals surface area contributed by atoms with Crippen LogP contribution in [0.2, 0.25) is 0 Å². The van der Waals surface area contributed by atoms with Gasteiger partial charge in [-0.1, -0.05) is 6.92 Å². The predicted octanol–water partition coefficient (Wildman–Crippen LogP) is 1.40. The number of likely N-dealkylation sites (N-methyl/N-ethyl adjacent to an activating group) is 1. The smallest absolute Gasteiger partial charge is 0.0695 e. The fourth-order valence-electron chi connectivity index (χ4n) is 2.77. The molecule has 96 valence electrons. The van der Waals surface area contributed by atoms with Crippen molar-refractivity contribution in [3.05, 3.63) is 18.0 Å². The molecule has 1 heterocycles. The molecule has 0 saturated heterocycles. The van der Waals surface area contributed by atoms with Gasteiger partial charge in [-0.25, -0.2) is 0 Å². The molecule has 0 spiro atoms. The highest BCUT2D eigenvalue weighted by atomic mass is 16.3. The Morgan fingerprint density at radius 1 is 1.53 bits per heavy atom. The van der Waals surface area contributed by atoms with Gasteiger partial charge < -0.3 is 5.11 Å². The SMILES string of the molecule is CC1CCC(O)C(N(C)Cc2cnn(C)c2)C1. The second-order valence-electron chi connectivity index (χ2n) is 5.49. The molecule has 17 heavy (non-hydrogen) atoms. The van der Waals surface area contributed by atoms with Gasteiger partial charge in [0.2, 0.25) is 0 Å². The monoisotopic (exact) mass is 237 g/mol. The van der Waals surface area contributed by atoms with E-state index in [0.717, 1.165) is 31.7 Å². The minimum atomic E-state index is -0.173. The molecule has 0 aromatic carbocycles. The van der Waals surface area contributed by atoms with Crippen LogP contribution in [0.5, 0.6) is 0 Å². The van der Waals surface area contributed by atoms with Crippen LogP contribution in [0.15, 0.2) is 12.4 Å². The molecule has 3 unspecified atom stereocenters. The third-order valence-corrected chi connectivity index (χ3v) is 3.80. The first-order chi connectivity index (χ1) is 8.06. The largest absolute Gasteiger partial charge is 0.391 e. The van der Waals surface area contributed by atoms with E-state index >= 15 is 0 Å². The van der Waals surface area contributed by atoms with E-state index in [-0.39, 0.29) is 6.10 Å². The van der Waals surface area contributed by atoms with Crippen molar-refractivity contribution < 1.29 is 5.11 Å². The minimum Gasteiger partial charge on any atom is -0.391 e. The molecule has 0 aliphatic heterocycles. The van der Waals surface area contributed by atoms with E-state index in [1.54, 1.807) is 0 Å². The normalized spacial score (nSPS) is 29.8. The molecule has 2 rings (SSSR count). The number of nitrogens with zero attached hydrogens (tertiary/aromatic N) is 3. The zero-order valence-corrected chi connectivity index (χ0v) is 11.0. The van der Waals surface area contributed by atoms with Gasteiger partial charge in [-0.3, -0.25) is 9.58 Å². The van der Waals surface area contributed by atoms with Crippen LogP contribution in [0.3, 0.4) is 0 Å². The Hall–Kier alpha value is -0.870. The summed E-state index contributed by atoms with van der Waals surface area (Å²) in [4.78, 5) is 2.26. The second-order valence-corrected chi connectivity index (χ2v) is 5.49. The van der Waals surface area contributed by atoms with Crippen molar-refractivity contribution >= 4 is 0 Å². The lowest BCUT2D eigenvalue weighted by molar-refractivity contribution is 0.0139. The zero-order chi connectivity index (χ0) is 12.4. The van der Waals surface area contributed by atoms with Crippen molar-refractivity contribution in [1.29, 1.82) is 0 Å². The summed E-state index contributed by atoms with van der Waals surface area (Å²) in [6.45, 7) is 3.14. The number of hydrogen-bond acceptors (Lipinski definition) is 3. The predicted molar refractivity (Wildman–Crippen MR) is 67.5 cm³/mol. The molecule has 1 saturated carbocycles. The average molecular weight is 237 g/mol. The molecule has 0 bridgehead atoms. The summed E-state index contributed by atoms with van der Waals surface area (Å²) in [7, 11) is 4.03. The van der Waals surface area contributed by atoms with E-state index in [1.165, 1.54) is 5.56 Å². The molecule has 1 N–H and O–H groups in total. The molecule has 1 aromatic heterocycles. The van der Waals surface area contributed by atoms with Gasteiger partial charge in [-0.2, -0.15) is 5.10 Å². The lowest BCUT2D eigenvalue weighted by atomic mass is 9.84. The Bertz CT molecular complexity index is 363. The van der Waals surface area contributed by atoms with E-state index in [2.05, 4.69) is 24.0 Å². The molecule has 3 atom stereocenters. The Balaban J connectivity index is 1.96. The van der Waals surface area contributed by atoms with Gasteiger partial charge in [0.05, 0.1) is 12.3 Å². The fourth-order valence-corrected chi connectivity index (χ4v) is 2.77. The maximum Gasteiger partial charge on any atom is 0.0695 e. The summed E-state index contributed by atoms with van der Waals surface area (Å²) in [6.07, 6.45) is 6.94. The summed E-state index contributed by atoms with van der Waals surface area (Å²) in [5.41, 5.74) is 1.21. The maximum atomic E-state index is 10.1. The average Bonchev–Trinajstić information content (AvgIpc) is 2.67. The summed E-state index contributed by atoms with van der Waals surface area (Å²) in [6, 6.07) is 0.291. The van der Waals surface area contributed by atoms with E-state index < -0.39 is 0 Å². The molecule has 1 aromatic rings. The number of rotatable bonds is 3. The van der Waals surface area contributed by atoms with Gasteiger partial charge in [0, 0.05) is 31.4 Å². The van der Waals surface area contributed by atoms with Gasteiger partial charge in [-0.15, -0.1) is 0 Å². The van der Waals surface area contributed by atoms with E-state index in [4.69, 9.17) is 0 Å². The van der Waals surface area contributed by atoms with Crippen molar-refractivity contribution in [2.45, 2.75) is 44.9 Å². The quantitative estimate of drug-likeness (QED) is 0.864. The summed E-state index contributed by atoms with van der Waals surface area (Å²) >= 11 is 0. The third kappa shape index (κ3) is 3.07. The van der Waals surface area contributed by atoms with Gasteiger partial charge in [-0.05, 0) is 32.2 Å². The minimum absolute atomic E-state index is 0.173. The van der Waals surface area contributed by atoms with Crippen LogP contribution >= 0.6 is 0 Å². The molecule has 0 radical (unpaired) electrons. The number of aliphatic hydroxyl groups is 1. The highest BCUT2D eigenvalue weighted by Gasteiger charge is 2.29. The van der Waals surface area contributed by atoms with Crippen LogP contribution in [0, 0.1) is 5.92 Å². The molecule has 4 heteroatoms.